The average Bonchev–Trinajstić information content (AvgIpc) is 1.83. The fourth-order valence-electron chi connectivity index (χ4n) is 0.943. The largest absolute Gasteiger partial charge is 0.400 e. The summed E-state index contributed by atoms with van der Waals surface area (Å²) >= 11 is 0. The molecule has 0 amide bonds. The van der Waals surface area contributed by atoms with Gasteiger partial charge >= 0.3 is 6.18 Å². The second kappa shape index (κ2) is 2.58. The zero-order valence-electron chi connectivity index (χ0n) is 5.85. The van der Waals surface area contributed by atoms with E-state index in [0.29, 0.717) is 12.2 Å². The maximum atomic E-state index is 12.7. The molecule has 1 rings (SSSR count). The van der Waals surface area contributed by atoms with Crippen LogP contribution in [-0.2, 0) is 0 Å². The molecule has 0 aliphatic heterocycles. The van der Waals surface area contributed by atoms with E-state index in [1.165, 1.54) is 0 Å². The number of aliphatic hydroxyl groups is 1. The first kappa shape index (κ1) is 9.25. The molecule has 1 nitrogen and oxygen atoms in total. The number of alkyl halides is 4. The van der Waals surface area contributed by atoms with Gasteiger partial charge in [0, 0.05) is 0 Å². The predicted octanol–water partition coefficient (Wildman–Crippen LogP) is 1.95. The van der Waals surface area contributed by atoms with Crippen molar-refractivity contribution < 1.29 is 22.7 Å². The number of hydrogen-bond donors (Lipinski definition) is 1. The van der Waals surface area contributed by atoms with E-state index in [9.17, 15) is 17.6 Å². The molecule has 0 fully saturated rings. The minimum absolute atomic E-state index is 0.477. The van der Waals surface area contributed by atoms with E-state index < -0.39 is 17.9 Å². The van der Waals surface area contributed by atoms with Gasteiger partial charge in [-0.25, -0.2) is 4.39 Å². The van der Waals surface area contributed by atoms with Gasteiger partial charge in [-0.15, -0.1) is 0 Å². The Morgan fingerprint density at radius 2 is 1.83 bits per heavy atom. The number of rotatable bonds is 0. The average molecular weight is 182 g/mol. The first-order chi connectivity index (χ1) is 5.34. The predicted molar refractivity (Wildman–Crippen MR) is 33.9 cm³/mol. The molecule has 0 saturated carbocycles. The van der Waals surface area contributed by atoms with Crippen molar-refractivity contribution in [2.24, 2.45) is 5.92 Å². The van der Waals surface area contributed by atoms with E-state index in [1.807, 2.05) is 0 Å². The van der Waals surface area contributed by atoms with Crippen LogP contribution in [-0.4, -0.2) is 17.1 Å². The summed E-state index contributed by atoms with van der Waals surface area (Å²) in [6.07, 6.45) is -1.62. The molecule has 12 heavy (non-hydrogen) atoms. The van der Waals surface area contributed by atoms with Gasteiger partial charge in [0.15, 0.2) is 0 Å². The SMILES string of the molecule is OC1(F)C=CC=CC1C(F)(F)F. The Kier molecular flexibility index (Phi) is 1.99. The van der Waals surface area contributed by atoms with Gasteiger partial charge in [-0.1, -0.05) is 18.2 Å². The van der Waals surface area contributed by atoms with Crippen LogP contribution in [0, 0.1) is 5.92 Å². The standard InChI is InChI=1S/C7H6F4O/c8-6(12)4-2-1-3-5(6)7(9,10)11/h1-5,12H. The van der Waals surface area contributed by atoms with Gasteiger partial charge in [0.1, 0.15) is 5.92 Å². The van der Waals surface area contributed by atoms with Crippen LogP contribution in [0.1, 0.15) is 0 Å². The summed E-state index contributed by atoms with van der Waals surface area (Å²) in [6, 6.07) is 0. The topological polar surface area (TPSA) is 20.2 Å². The van der Waals surface area contributed by atoms with Crippen molar-refractivity contribution in [3.05, 3.63) is 24.3 Å². The summed E-state index contributed by atoms with van der Waals surface area (Å²) in [6.45, 7) is 0. The Hall–Kier alpha value is -0.840. The first-order valence-electron chi connectivity index (χ1n) is 3.18. The third kappa shape index (κ3) is 1.66. The molecule has 0 heterocycles. The van der Waals surface area contributed by atoms with Crippen LogP contribution < -0.4 is 0 Å². The van der Waals surface area contributed by atoms with Crippen molar-refractivity contribution in [2.45, 2.75) is 12.0 Å². The molecular weight excluding hydrogens is 176 g/mol. The Morgan fingerprint density at radius 1 is 1.25 bits per heavy atom. The summed E-state index contributed by atoms with van der Waals surface area (Å²) in [5.41, 5.74) is 0. The zero-order chi connectivity index (χ0) is 9.41. The second-order valence-electron chi connectivity index (χ2n) is 2.49. The maximum absolute atomic E-state index is 12.7. The van der Waals surface area contributed by atoms with E-state index in [-0.39, 0.29) is 0 Å². The van der Waals surface area contributed by atoms with E-state index >= 15 is 0 Å². The van der Waals surface area contributed by atoms with Crippen LogP contribution in [0.4, 0.5) is 17.6 Å². The highest BCUT2D eigenvalue weighted by atomic mass is 19.4. The van der Waals surface area contributed by atoms with E-state index in [4.69, 9.17) is 5.11 Å². The third-order valence-corrected chi connectivity index (χ3v) is 1.53. The van der Waals surface area contributed by atoms with E-state index in [0.717, 1.165) is 12.2 Å². The highest BCUT2D eigenvalue weighted by Gasteiger charge is 2.51. The molecule has 1 aliphatic rings. The lowest BCUT2D eigenvalue weighted by molar-refractivity contribution is -0.231. The van der Waals surface area contributed by atoms with Crippen molar-refractivity contribution in [1.82, 2.24) is 0 Å². The van der Waals surface area contributed by atoms with E-state index in [2.05, 4.69) is 0 Å². The summed E-state index contributed by atoms with van der Waals surface area (Å²) in [7, 11) is 0. The van der Waals surface area contributed by atoms with Crippen molar-refractivity contribution in [2.75, 3.05) is 0 Å². The number of hydrogen-bond acceptors (Lipinski definition) is 1. The van der Waals surface area contributed by atoms with Crippen molar-refractivity contribution in [3.8, 4) is 0 Å². The van der Waals surface area contributed by atoms with Gasteiger partial charge in [-0.2, -0.15) is 13.2 Å². The molecule has 0 radical (unpaired) electrons. The van der Waals surface area contributed by atoms with Gasteiger partial charge < -0.3 is 5.11 Å². The summed E-state index contributed by atoms with van der Waals surface area (Å²) in [5, 5.41) is 8.65. The molecule has 2 atom stereocenters. The van der Waals surface area contributed by atoms with Crippen LogP contribution in [0.5, 0.6) is 0 Å². The third-order valence-electron chi connectivity index (χ3n) is 1.53. The molecule has 0 aromatic heterocycles. The minimum atomic E-state index is -4.76. The molecular formula is C7H6F4O. The van der Waals surface area contributed by atoms with Crippen LogP contribution in [0.2, 0.25) is 0 Å². The number of halogens is 4. The Bertz CT molecular complexity index is 226. The minimum Gasteiger partial charge on any atom is -0.358 e. The summed E-state index contributed by atoms with van der Waals surface area (Å²) in [5.74, 6) is -5.78. The highest BCUT2D eigenvalue weighted by Crippen LogP contribution is 2.38. The Labute approximate surface area is 66.0 Å². The van der Waals surface area contributed by atoms with Gasteiger partial charge in [0.25, 0.3) is 0 Å². The van der Waals surface area contributed by atoms with Crippen LogP contribution in [0.15, 0.2) is 24.3 Å². The quantitative estimate of drug-likeness (QED) is 0.567. The lowest BCUT2D eigenvalue weighted by Crippen LogP contribution is -2.40. The van der Waals surface area contributed by atoms with Crippen molar-refractivity contribution in [3.63, 3.8) is 0 Å². The van der Waals surface area contributed by atoms with Gasteiger partial charge in [-0.3, -0.25) is 0 Å². The molecule has 0 aromatic carbocycles. The van der Waals surface area contributed by atoms with Crippen molar-refractivity contribution in [1.29, 1.82) is 0 Å². The molecule has 5 heteroatoms. The monoisotopic (exact) mass is 182 g/mol. The molecule has 0 bridgehead atoms. The molecule has 2 unspecified atom stereocenters. The molecule has 0 aromatic rings. The molecule has 0 saturated heterocycles. The normalized spacial score (nSPS) is 35.6. The molecule has 0 spiro atoms. The molecule has 1 aliphatic carbocycles. The summed E-state index contributed by atoms with van der Waals surface area (Å²) < 4.78 is 48.6. The smallest absolute Gasteiger partial charge is 0.358 e. The fraction of sp³-hybridized carbons (Fsp3) is 0.429. The Morgan fingerprint density at radius 3 is 2.17 bits per heavy atom. The van der Waals surface area contributed by atoms with E-state index in [1.54, 1.807) is 0 Å². The first-order valence-corrected chi connectivity index (χ1v) is 3.18. The Balaban J connectivity index is 2.92. The van der Waals surface area contributed by atoms with Crippen LogP contribution in [0.3, 0.4) is 0 Å². The van der Waals surface area contributed by atoms with Gasteiger partial charge in [0.05, 0.1) is 0 Å². The second-order valence-corrected chi connectivity index (χ2v) is 2.49. The highest BCUT2D eigenvalue weighted by molar-refractivity contribution is 5.19. The molecule has 1 N–H and O–H groups in total. The summed E-state index contributed by atoms with van der Waals surface area (Å²) in [4.78, 5) is 0. The lowest BCUT2D eigenvalue weighted by atomic mass is 9.95. The fourth-order valence-corrected chi connectivity index (χ4v) is 0.943. The maximum Gasteiger partial charge on any atom is 0.400 e. The molecule has 68 valence electrons. The number of allylic oxidation sites excluding steroid dienone is 2. The van der Waals surface area contributed by atoms with Gasteiger partial charge in [0.2, 0.25) is 5.85 Å². The van der Waals surface area contributed by atoms with Crippen LogP contribution in [0.25, 0.3) is 0 Å². The van der Waals surface area contributed by atoms with Crippen LogP contribution >= 0.6 is 0 Å². The zero-order valence-corrected chi connectivity index (χ0v) is 5.85. The van der Waals surface area contributed by atoms with Gasteiger partial charge in [-0.05, 0) is 6.08 Å². The lowest BCUT2D eigenvalue weighted by Gasteiger charge is -2.27. The van der Waals surface area contributed by atoms with Crippen molar-refractivity contribution >= 4 is 0 Å².